The summed E-state index contributed by atoms with van der Waals surface area (Å²) in [5, 5.41) is 0. The maximum Gasteiger partial charge on any atom is 2.00 e. The van der Waals surface area contributed by atoms with Crippen LogP contribution in [0.15, 0.2) is 33.4 Å². The van der Waals surface area contributed by atoms with Crippen molar-refractivity contribution in [2.45, 2.75) is 133 Å². The van der Waals surface area contributed by atoms with Gasteiger partial charge in [-0.25, -0.2) is 11.1 Å². The maximum atomic E-state index is 3.80. The molecule has 0 aromatic rings. The van der Waals surface area contributed by atoms with E-state index in [1.165, 1.54) is 62.5 Å². The molecule has 0 saturated heterocycles. The molecule has 0 spiro atoms. The van der Waals surface area contributed by atoms with Gasteiger partial charge in [0.25, 0.3) is 0 Å². The van der Waals surface area contributed by atoms with Crippen LogP contribution in [0.4, 0.5) is 0 Å². The number of rotatable bonds is 10. The van der Waals surface area contributed by atoms with Gasteiger partial charge in [0.15, 0.2) is 0 Å². The quantitative estimate of drug-likeness (QED) is 0.237. The van der Waals surface area contributed by atoms with Gasteiger partial charge in [-0.2, -0.15) is 22.3 Å². The molecule has 0 saturated carbocycles. The fraction of sp³-hybridized carbons (Fsp3) is 0.733. The first-order valence-electron chi connectivity index (χ1n) is 13.1. The summed E-state index contributed by atoms with van der Waals surface area (Å²) >= 11 is 0. The van der Waals surface area contributed by atoms with Crippen LogP contribution in [0.5, 0.6) is 0 Å². The van der Waals surface area contributed by atoms with Crippen LogP contribution < -0.4 is 0 Å². The fourth-order valence-electron chi connectivity index (χ4n) is 6.09. The predicted molar refractivity (Wildman–Crippen MR) is 141 cm³/mol. The summed E-state index contributed by atoms with van der Waals surface area (Å²) in [7, 11) is 0. The Labute approximate surface area is 212 Å². The molecule has 2 rings (SSSR count). The average molecular weight is 435 g/mol. The first kappa shape index (κ1) is 30.7. The zero-order valence-electron chi connectivity index (χ0n) is 22.8. The van der Waals surface area contributed by atoms with Crippen molar-refractivity contribution in [3.63, 3.8) is 0 Å². The zero-order chi connectivity index (χ0) is 22.9. The van der Waals surface area contributed by atoms with Crippen LogP contribution in [0, 0.1) is 23.0 Å². The summed E-state index contributed by atoms with van der Waals surface area (Å²) < 4.78 is 0. The van der Waals surface area contributed by atoms with Crippen LogP contribution in [0.25, 0.3) is 0 Å². The van der Waals surface area contributed by atoms with Crippen LogP contribution in [0.3, 0.4) is 0 Å². The fourth-order valence-corrected chi connectivity index (χ4v) is 6.09. The van der Waals surface area contributed by atoms with Crippen LogP contribution in [-0.4, -0.2) is 23.1 Å². The van der Waals surface area contributed by atoms with E-state index in [2.05, 4.69) is 81.4 Å². The summed E-state index contributed by atoms with van der Waals surface area (Å²) in [4.78, 5) is 0. The molecule has 31 heavy (non-hydrogen) atoms. The van der Waals surface area contributed by atoms with Crippen LogP contribution in [-0.2, 0) is 0 Å². The van der Waals surface area contributed by atoms with Crippen molar-refractivity contribution >= 4 is 23.1 Å². The molecule has 0 aliphatic heterocycles. The molecule has 1 heteroatoms. The Morgan fingerprint density at radius 3 is 0.903 bits per heavy atom. The first-order valence-corrected chi connectivity index (χ1v) is 13.1. The Balaban J connectivity index is 0.000000562. The molecule has 0 fully saturated rings. The van der Waals surface area contributed by atoms with E-state index in [4.69, 9.17) is 0 Å². The van der Waals surface area contributed by atoms with E-state index in [-0.39, 0.29) is 33.9 Å². The number of allylic oxidation sites excluding steroid dienone is 8. The maximum absolute atomic E-state index is 3.80. The SMILES string of the molecule is CCC1=[C-]C(CC)(CC)C(CC)=C1CC.CCC1=[C-]C(CC)(CC)C(CC)=C1CC.[Mg+2]. The monoisotopic (exact) mass is 434 g/mol. The van der Waals surface area contributed by atoms with Gasteiger partial charge in [-0.15, -0.1) is 0 Å². The molecule has 0 aromatic heterocycles. The van der Waals surface area contributed by atoms with Gasteiger partial charge in [0.05, 0.1) is 0 Å². The normalized spacial score (nSPS) is 19.0. The minimum Gasteiger partial charge on any atom is -0.262 e. The smallest absolute Gasteiger partial charge is 0.262 e. The third kappa shape index (κ3) is 6.00. The van der Waals surface area contributed by atoms with Gasteiger partial charge in [0.1, 0.15) is 0 Å². The first-order chi connectivity index (χ1) is 14.4. The van der Waals surface area contributed by atoms with Gasteiger partial charge in [-0.1, -0.05) is 144 Å². The molecule has 2 aliphatic rings. The van der Waals surface area contributed by atoms with E-state index in [0.29, 0.717) is 0 Å². The second-order valence-electron chi connectivity index (χ2n) is 8.82. The van der Waals surface area contributed by atoms with E-state index in [1.54, 1.807) is 22.3 Å². The van der Waals surface area contributed by atoms with E-state index in [0.717, 1.165) is 12.8 Å². The number of hydrogen-bond donors (Lipinski definition) is 0. The molecular weight excluding hydrogens is 385 g/mol. The van der Waals surface area contributed by atoms with Gasteiger partial charge in [0.2, 0.25) is 0 Å². The molecule has 0 aromatic carbocycles. The van der Waals surface area contributed by atoms with Crippen molar-refractivity contribution in [3.8, 4) is 0 Å². The third-order valence-corrected chi connectivity index (χ3v) is 7.93. The Morgan fingerprint density at radius 1 is 0.452 bits per heavy atom. The average Bonchev–Trinajstić information content (AvgIpc) is 3.30. The Hall–Kier alpha value is -0.274. The van der Waals surface area contributed by atoms with Crippen LogP contribution >= 0.6 is 0 Å². The minimum atomic E-state index is 0. The second kappa shape index (κ2) is 14.1. The summed E-state index contributed by atoms with van der Waals surface area (Å²) in [5.41, 5.74) is 10.1. The summed E-state index contributed by atoms with van der Waals surface area (Å²) in [6, 6.07) is 0. The van der Waals surface area contributed by atoms with Gasteiger partial charge < -0.3 is 0 Å². The third-order valence-electron chi connectivity index (χ3n) is 7.93. The van der Waals surface area contributed by atoms with Crippen molar-refractivity contribution in [1.29, 1.82) is 0 Å². The van der Waals surface area contributed by atoms with E-state index in [9.17, 15) is 0 Å². The van der Waals surface area contributed by atoms with Gasteiger partial charge in [-0.3, -0.25) is 12.2 Å². The van der Waals surface area contributed by atoms with Gasteiger partial charge in [-0.05, 0) is 0 Å². The standard InChI is InChI=1S/2C15H25.Mg/c2*1-6-12-11-15(9-4,10-5)14(8-3)13(12)7-2;/h2*6-10H2,1-5H3;/q2*-1;+2. The van der Waals surface area contributed by atoms with E-state index < -0.39 is 0 Å². The van der Waals surface area contributed by atoms with Crippen LogP contribution in [0.2, 0.25) is 0 Å². The van der Waals surface area contributed by atoms with Crippen molar-refractivity contribution in [2.24, 2.45) is 10.8 Å². The summed E-state index contributed by atoms with van der Waals surface area (Å²) in [6.45, 7) is 22.9. The number of hydrogen-bond acceptors (Lipinski definition) is 0. The second-order valence-corrected chi connectivity index (χ2v) is 8.82. The molecule has 172 valence electrons. The van der Waals surface area contributed by atoms with Gasteiger partial charge in [0, 0.05) is 0 Å². The Morgan fingerprint density at radius 2 is 0.742 bits per heavy atom. The summed E-state index contributed by atoms with van der Waals surface area (Å²) in [5.74, 6) is 0. The molecule has 0 N–H and O–H groups in total. The Bertz CT molecular complexity index is 615. The molecule has 0 atom stereocenters. The molecule has 0 unspecified atom stereocenters. The van der Waals surface area contributed by atoms with E-state index in [1.807, 2.05) is 0 Å². The predicted octanol–water partition coefficient (Wildman–Crippen LogP) is 9.74. The molecule has 2 aliphatic carbocycles. The van der Waals surface area contributed by atoms with Crippen molar-refractivity contribution < 1.29 is 0 Å². The molecule has 0 nitrogen and oxygen atoms in total. The topological polar surface area (TPSA) is 0 Å². The minimum absolute atomic E-state index is 0. The molecular formula is C30H50Mg. The van der Waals surface area contributed by atoms with Crippen molar-refractivity contribution in [3.05, 3.63) is 45.6 Å². The molecule has 0 bridgehead atoms. The van der Waals surface area contributed by atoms with E-state index >= 15 is 0 Å². The van der Waals surface area contributed by atoms with Gasteiger partial charge >= 0.3 is 23.1 Å². The summed E-state index contributed by atoms with van der Waals surface area (Å²) in [6.07, 6.45) is 19.5. The zero-order valence-corrected chi connectivity index (χ0v) is 24.2. The largest absolute Gasteiger partial charge is 2.00 e. The molecule has 0 radical (unpaired) electrons. The van der Waals surface area contributed by atoms with Crippen molar-refractivity contribution in [2.75, 3.05) is 0 Å². The van der Waals surface area contributed by atoms with Crippen LogP contribution in [0.1, 0.15) is 133 Å². The molecule has 0 heterocycles. The Kier molecular flexibility index (Phi) is 14.0. The van der Waals surface area contributed by atoms with Crippen molar-refractivity contribution in [1.82, 2.24) is 0 Å². The molecule has 0 amide bonds.